The zero-order chi connectivity index (χ0) is 15.4. The Bertz CT molecular complexity index is 542. The highest BCUT2D eigenvalue weighted by atomic mass is 16.2. The van der Waals surface area contributed by atoms with E-state index >= 15 is 0 Å². The molecule has 1 aromatic rings. The van der Waals surface area contributed by atoms with Gasteiger partial charge in [0.25, 0.3) is 5.91 Å². The zero-order valence-electron chi connectivity index (χ0n) is 12.7. The molecule has 1 aromatic carbocycles. The average molecular weight is 290 g/mol. The third-order valence-corrected chi connectivity index (χ3v) is 4.14. The lowest BCUT2D eigenvalue weighted by Gasteiger charge is -2.20. The van der Waals surface area contributed by atoms with E-state index in [0.717, 1.165) is 6.42 Å². The Hall–Kier alpha value is -1.88. The minimum atomic E-state index is -0.804. The van der Waals surface area contributed by atoms with Crippen molar-refractivity contribution in [1.82, 2.24) is 5.32 Å². The van der Waals surface area contributed by atoms with Gasteiger partial charge >= 0.3 is 6.03 Å². The number of fused-ring (bicyclic) bond motifs is 1. The van der Waals surface area contributed by atoms with Gasteiger partial charge < -0.3 is 11.1 Å². The molecule has 0 saturated heterocycles. The first-order valence-electron chi connectivity index (χ1n) is 7.54. The molecule has 0 heterocycles. The van der Waals surface area contributed by atoms with E-state index in [1.165, 1.54) is 36.0 Å². The van der Waals surface area contributed by atoms with Crippen LogP contribution >= 0.6 is 0 Å². The largest absolute Gasteiger partial charge is 0.351 e. The highest BCUT2D eigenvalue weighted by molar-refractivity contribution is 5.95. The SMILES string of the molecule is C[C@H]([NH2+][C@H](C)c1ccc2c(c1)CCCC2)C(=O)NC(N)=O. The van der Waals surface area contributed by atoms with Gasteiger partial charge in [-0.25, -0.2) is 4.79 Å². The van der Waals surface area contributed by atoms with Gasteiger partial charge in [-0.1, -0.05) is 12.1 Å². The molecule has 5 N–H and O–H groups in total. The van der Waals surface area contributed by atoms with Crippen LogP contribution in [0.5, 0.6) is 0 Å². The Morgan fingerprint density at radius 1 is 1.19 bits per heavy atom. The molecule has 0 fully saturated rings. The molecular formula is C16H24N3O2+. The van der Waals surface area contributed by atoms with E-state index in [4.69, 9.17) is 5.73 Å². The number of nitrogens with one attached hydrogen (secondary N) is 1. The van der Waals surface area contributed by atoms with Gasteiger partial charge in [0, 0.05) is 5.56 Å². The first-order valence-corrected chi connectivity index (χ1v) is 7.54. The Balaban J connectivity index is 2.01. The number of hydrogen-bond acceptors (Lipinski definition) is 2. The summed E-state index contributed by atoms with van der Waals surface area (Å²) < 4.78 is 0. The van der Waals surface area contributed by atoms with Gasteiger partial charge in [0.15, 0.2) is 6.04 Å². The highest BCUT2D eigenvalue weighted by Gasteiger charge is 2.22. The minimum absolute atomic E-state index is 0.158. The molecule has 1 aliphatic carbocycles. The average Bonchev–Trinajstić information content (AvgIpc) is 2.45. The van der Waals surface area contributed by atoms with Crippen molar-refractivity contribution < 1.29 is 14.9 Å². The number of imide groups is 1. The number of carbonyl (C=O) groups excluding carboxylic acids is 2. The van der Waals surface area contributed by atoms with Crippen molar-refractivity contribution in [2.24, 2.45) is 5.73 Å². The summed E-state index contributed by atoms with van der Waals surface area (Å²) in [6.07, 6.45) is 4.85. The van der Waals surface area contributed by atoms with Crippen LogP contribution in [0.15, 0.2) is 18.2 Å². The minimum Gasteiger partial charge on any atom is -0.351 e. The van der Waals surface area contributed by atoms with Crippen molar-refractivity contribution in [2.45, 2.75) is 51.6 Å². The lowest BCUT2D eigenvalue weighted by atomic mass is 9.89. The molecule has 0 unspecified atom stereocenters. The third kappa shape index (κ3) is 4.04. The lowest BCUT2D eigenvalue weighted by Crippen LogP contribution is -2.92. The van der Waals surface area contributed by atoms with Gasteiger partial charge in [-0.2, -0.15) is 0 Å². The number of benzene rings is 1. The molecule has 1 aliphatic rings. The van der Waals surface area contributed by atoms with E-state index < -0.39 is 6.03 Å². The fourth-order valence-corrected chi connectivity index (χ4v) is 2.90. The van der Waals surface area contributed by atoms with Crippen LogP contribution < -0.4 is 16.4 Å². The molecular weight excluding hydrogens is 266 g/mol. The number of hydrogen-bond donors (Lipinski definition) is 3. The fraction of sp³-hybridized carbons (Fsp3) is 0.500. The van der Waals surface area contributed by atoms with E-state index in [2.05, 4.69) is 30.4 Å². The van der Waals surface area contributed by atoms with Crippen molar-refractivity contribution in [1.29, 1.82) is 0 Å². The number of rotatable bonds is 4. The predicted octanol–water partition coefficient (Wildman–Crippen LogP) is 0.773. The second-order valence-corrected chi connectivity index (χ2v) is 5.86. The molecule has 2 atom stereocenters. The molecule has 0 spiro atoms. The van der Waals surface area contributed by atoms with Gasteiger partial charge in [0.05, 0.1) is 0 Å². The van der Waals surface area contributed by atoms with Crippen molar-refractivity contribution in [2.75, 3.05) is 0 Å². The number of nitrogens with two attached hydrogens (primary N) is 2. The summed E-state index contributed by atoms with van der Waals surface area (Å²) in [6, 6.07) is 5.61. The van der Waals surface area contributed by atoms with Crippen molar-refractivity contribution in [3.63, 3.8) is 0 Å². The van der Waals surface area contributed by atoms with Crippen LogP contribution in [0.25, 0.3) is 0 Å². The van der Waals surface area contributed by atoms with Crippen LogP contribution in [-0.4, -0.2) is 18.0 Å². The normalized spacial score (nSPS) is 16.7. The monoisotopic (exact) mass is 290 g/mol. The molecule has 0 aromatic heterocycles. The Kier molecular flexibility index (Phi) is 4.96. The number of primary amides is 1. The van der Waals surface area contributed by atoms with E-state index in [9.17, 15) is 9.59 Å². The van der Waals surface area contributed by atoms with Crippen LogP contribution in [0.1, 0.15) is 49.4 Å². The van der Waals surface area contributed by atoms with Gasteiger partial charge in [-0.15, -0.1) is 0 Å². The van der Waals surface area contributed by atoms with E-state index in [1.54, 1.807) is 6.92 Å². The summed E-state index contributed by atoms with van der Waals surface area (Å²) in [5.74, 6) is -0.354. The Morgan fingerprint density at radius 2 is 1.86 bits per heavy atom. The number of quaternary nitrogens is 1. The van der Waals surface area contributed by atoms with Gasteiger partial charge in [0.1, 0.15) is 6.04 Å². The molecule has 5 heteroatoms. The first-order chi connectivity index (χ1) is 9.97. The highest BCUT2D eigenvalue weighted by Crippen LogP contribution is 2.23. The fourth-order valence-electron chi connectivity index (χ4n) is 2.90. The number of urea groups is 1. The molecule has 0 saturated carbocycles. The maximum atomic E-state index is 11.7. The van der Waals surface area contributed by atoms with Crippen molar-refractivity contribution in [3.05, 3.63) is 34.9 Å². The van der Waals surface area contributed by atoms with Crippen LogP contribution in [0, 0.1) is 0 Å². The summed E-state index contributed by atoms with van der Waals surface area (Å²) in [5.41, 5.74) is 9.08. The van der Waals surface area contributed by atoms with Crippen LogP contribution in [0.3, 0.4) is 0 Å². The van der Waals surface area contributed by atoms with E-state index in [1.807, 2.05) is 5.32 Å². The van der Waals surface area contributed by atoms with Crippen LogP contribution in [0.4, 0.5) is 4.79 Å². The maximum Gasteiger partial charge on any atom is 0.319 e. The third-order valence-electron chi connectivity index (χ3n) is 4.14. The van der Waals surface area contributed by atoms with E-state index in [-0.39, 0.29) is 18.0 Å². The van der Waals surface area contributed by atoms with Crippen molar-refractivity contribution >= 4 is 11.9 Å². The summed E-state index contributed by atoms with van der Waals surface area (Å²) in [4.78, 5) is 22.4. The maximum absolute atomic E-state index is 11.7. The second-order valence-electron chi connectivity index (χ2n) is 5.86. The molecule has 0 aliphatic heterocycles. The zero-order valence-corrected chi connectivity index (χ0v) is 12.7. The second kappa shape index (κ2) is 6.72. The van der Waals surface area contributed by atoms with Crippen molar-refractivity contribution in [3.8, 4) is 0 Å². The summed E-state index contributed by atoms with van der Waals surface area (Å²) in [7, 11) is 0. The summed E-state index contributed by atoms with van der Waals surface area (Å²) in [6.45, 7) is 3.84. The number of carbonyl (C=O) groups is 2. The topological polar surface area (TPSA) is 88.8 Å². The molecule has 3 amide bonds. The quantitative estimate of drug-likeness (QED) is 0.765. The molecule has 5 nitrogen and oxygen atoms in total. The van der Waals surface area contributed by atoms with Gasteiger partial charge in [-0.3, -0.25) is 10.1 Å². The molecule has 114 valence electrons. The smallest absolute Gasteiger partial charge is 0.319 e. The van der Waals surface area contributed by atoms with Crippen LogP contribution in [-0.2, 0) is 17.6 Å². The lowest BCUT2D eigenvalue weighted by molar-refractivity contribution is -0.710. The molecule has 2 rings (SSSR count). The number of amides is 3. The molecule has 0 bridgehead atoms. The Labute approximate surface area is 125 Å². The summed E-state index contributed by atoms with van der Waals surface area (Å²) in [5, 5.41) is 4.07. The predicted molar refractivity (Wildman–Crippen MR) is 80.6 cm³/mol. The van der Waals surface area contributed by atoms with Crippen LogP contribution in [0.2, 0.25) is 0 Å². The van der Waals surface area contributed by atoms with E-state index in [0.29, 0.717) is 0 Å². The summed E-state index contributed by atoms with van der Waals surface area (Å²) >= 11 is 0. The molecule has 21 heavy (non-hydrogen) atoms. The first kappa shape index (κ1) is 15.5. The van der Waals surface area contributed by atoms with Gasteiger partial charge in [-0.05, 0) is 56.7 Å². The Morgan fingerprint density at radius 3 is 2.52 bits per heavy atom. The standard InChI is InChI=1S/C16H23N3O2/c1-10(18-11(2)15(20)19-16(17)21)13-8-7-12-5-3-4-6-14(12)9-13/h7-11,18H,3-6H2,1-2H3,(H3,17,19,20,21)/p+1/t10-,11+/m1/s1. The number of aryl methyl sites for hydroxylation is 2. The van der Waals surface area contributed by atoms with Gasteiger partial charge in [0.2, 0.25) is 0 Å². The molecule has 0 radical (unpaired) electrons.